The molecule has 41 valence electrons. The molecule has 0 fully saturated rings. The summed E-state index contributed by atoms with van der Waals surface area (Å²) in [5.41, 5.74) is 5.10. The van der Waals surface area contributed by atoms with Crippen LogP contribution in [0.3, 0.4) is 0 Å². The van der Waals surface area contributed by atoms with E-state index in [4.69, 9.17) is 11.1 Å². The first-order chi connectivity index (χ1) is 2.77. The van der Waals surface area contributed by atoms with E-state index in [1.165, 1.54) is 0 Å². The molecule has 1 radical (unpaired) electrons. The maximum absolute atomic E-state index is 5.10. The van der Waals surface area contributed by atoms with Crippen molar-refractivity contribution in [2.24, 2.45) is 5.73 Å². The van der Waals surface area contributed by atoms with E-state index >= 15 is 0 Å². The quantitative estimate of drug-likeness (QED) is 0.369. The van der Waals surface area contributed by atoms with E-state index in [9.17, 15) is 0 Å². The van der Waals surface area contributed by atoms with Gasteiger partial charge in [-0.3, -0.25) is 11.1 Å². The normalized spacial score (nSPS) is 7.00. The molecule has 0 aromatic rings. The summed E-state index contributed by atoms with van der Waals surface area (Å²) in [5.74, 6) is 0.539. The molecule has 0 saturated heterocycles. The molecule has 0 aliphatic heterocycles. The van der Waals surface area contributed by atoms with Gasteiger partial charge < -0.3 is 0 Å². The molecule has 0 bridgehead atoms. The Labute approximate surface area is 55.9 Å². The number of hydrogen-bond acceptors (Lipinski definition) is 0. The zero-order chi connectivity index (χ0) is 4.99. The fourth-order valence-corrected chi connectivity index (χ4v) is 0.289. The van der Waals surface area contributed by atoms with Crippen molar-refractivity contribution in [3.05, 3.63) is 0 Å². The molecule has 0 aliphatic carbocycles. The third-order valence-corrected chi connectivity index (χ3v) is 0.539. The van der Waals surface area contributed by atoms with Gasteiger partial charge in [0.25, 0.3) is 0 Å². The molecule has 0 atom stereocenters. The van der Waals surface area contributed by atoms with E-state index in [1.807, 2.05) is 6.92 Å². The molecule has 7 heavy (non-hydrogen) atoms. The third-order valence-electron chi connectivity index (χ3n) is 0.539. The summed E-state index contributed by atoms with van der Waals surface area (Å²) < 4.78 is 0. The van der Waals surface area contributed by atoms with Crippen molar-refractivity contribution in [2.45, 2.75) is 19.8 Å². The molecule has 0 saturated carbocycles. The summed E-state index contributed by atoms with van der Waals surface area (Å²) in [6.45, 7) is 2.04. The van der Waals surface area contributed by atoms with Gasteiger partial charge in [0.2, 0.25) is 5.84 Å². The largest absolute Gasteiger partial charge is 0.291 e. The summed E-state index contributed by atoms with van der Waals surface area (Å²) in [7, 11) is 0. The van der Waals surface area contributed by atoms with Crippen LogP contribution >= 0.6 is 0 Å². The SMILES string of the molecule is CCCC(N)=[NH2+].[V]. The predicted octanol–water partition coefficient (Wildman–Crippen LogP) is -1.10. The van der Waals surface area contributed by atoms with Gasteiger partial charge in [0, 0.05) is 25.0 Å². The van der Waals surface area contributed by atoms with Gasteiger partial charge in [0.1, 0.15) is 0 Å². The number of amidine groups is 1. The fraction of sp³-hybridized carbons (Fsp3) is 0.750. The van der Waals surface area contributed by atoms with Crippen LogP contribution in [0.4, 0.5) is 0 Å². The van der Waals surface area contributed by atoms with Crippen LogP contribution in [0, 0.1) is 0 Å². The summed E-state index contributed by atoms with van der Waals surface area (Å²) in [6, 6.07) is 0. The summed E-state index contributed by atoms with van der Waals surface area (Å²) >= 11 is 0. The molecule has 3 heteroatoms. The Hall–Kier alpha value is 0.0544. The summed E-state index contributed by atoms with van der Waals surface area (Å²) in [4.78, 5) is 0. The van der Waals surface area contributed by atoms with E-state index in [0.29, 0.717) is 5.84 Å². The van der Waals surface area contributed by atoms with Crippen LogP contribution in [0.15, 0.2) is 0 Å². The van der Waals surface area contributed by atoms with Crippen molar-refractivity contribution in [1.82, 2.24) is 0 Å². The first kappa shape index (κ1) is 10.1. The molecule has 0 aliphatic rings. The summed E-state index contributed by atoms with van der Waals surface area (Å²) in [5, 5.41) is 5.10. The smallest absolute Gasteiger partial charge is 0.238 e. The first-order valence-electron chi connectivity index (χ1n) is 2.14. The van der Waals surface area contributed by atoms with Crippen molar-refractivity contribution in [1.29, 1.82) is 0 Å². The Kier molecular flexibility index (Phi) is 8.75. The minimum atomic E-state index is 0. The second-order valence-electron chi connectivity index (χ2n) is 1.32. The second kappa shape index (κ2) is 6.05. The number of hydrogen-bond donors (Lipinski definition) is 2. The maximum atomic E-state index is 5.10. The van der Waals surface area contributed by atoms with Gasteiger partial charge in [-0.05, 0) is 6.42 Å². The number of rotatable bonds is 2. The molecular formula is C4H11N2V+. The zero-order valence-electron chi connectivity index (χ0n) is 4.52. The monoisotopic (exact) mass is 138 g/mol. The topological polar surface area (TPSA) is 51.6 Å². The van der Waals surface area contributed by atoms with Crippen molar-refractivity contribution in [3.63, 3.8) is 0 Å². The van der Waals surface area contributed by atoms with Crippen molar-refractivity contribution < 1.29 is 24.0 Å². The minimum Gasteiger partial charge on any atom is -0.291 e. The van der Waals surface area contributed by atoms with Crippen LogP contribution in [0.1, 0.15) is 19.8 Å². The first-order valence-corrected chi connectivity index (χ1v) is 2.14. The van der Waals surface area contributed by atoms with Gasteiger partial charge in [-0.25, -0.2) is 0 Å². The van der Waals surface area contributed by atoms with E-state index in [0.717, 1.165) is 12.8 Å². The van der Waals surface area contributed by atoms with Gasteiger partial charge in [-0.15, -0.1) is 0 Å². The van der Waals surface area contributed by atoms with Crippen LogP contribution in [-0.2, 0) is 18.6 Å². The van der Waals surface area contributed by atoms with E-state index in [2.05, 4.69) is 0 Å². The van der Waals surface area contributed by atoms with E-state index in [1.54, 1.807) is 0 Å². The minimum absolute atomic E-state index is 0. The molecule has 0 aromatic heterocycles. The standard InChI is InChI=1S/C4H10N2.V/c1-2-3-4(5)6;/h2-3H2,1H3,(H3,5,6);/p+1. The fourth-order valence-electron chi connectivity index (χ4n) is 0.289. The van der Waals surface area contributed by atoms with E-state index < -0.39 is 0 Å². The van der Waals surface area contributed by atoms with Gasteiger partial charge in [-0.2, -0.15) is 0 Å². The van der Waals surface area contributed by atoms with Crippen molar-refractivity contribution in [3.8, 4) is 0 Å². The van der Waals surface area contributed by atoms with Crippen LogP contribution in [0.2, 0.25) is 0 Å². The molecule has 0 unspecified atom stereocenters. The Balaban J connectivity index is 0. The van der Waals surface area contributed by atoms with Gasteiger partial charge in [0.05, 0.1) is 0 Å². The zero-order valence-corrected chi connectivity index (χ0v) is 5.91. The maximum Gasteiger partial charge on any atom is 0.238 e. The third kappa shape index (κ3) is 10.7. The average molecular weight is 138 g/mol. The van der Waals surface area contributed by atoms with Crippen molar-refractivity contribution in [2.75, 3.05) is 0 Å². The van der Waals surface area contributed by atoms with Crippen LogP contribution in [0.5, 0.6) is 0 Å². The Morgan fingerprint density at radius 2 is 2.14 bits per heavy atom. The molecular weight excluding hydrogens is 127 g/mol. The van der Waals surface area contributed by atoms with Gasteiger partial charge in [0.15, 0.2) is 0 Å². The predicted molar refractivity (Wildman–Crippen MR) is 26.0 cm³/mol. The van der Waals surface area contributed by atoms with Gasteiger partial charge in [-0.1, -0.05) is 6.92 Å². The Morgan fingerprint density at radius 3 is 2.14 bits per heavy atom. The molecule has 0 heterocycles. The van der Waals surface area contributed by atoms with Crippen LogP contribution in [0.25, 0.3) is 0 Å². The van der Waals surface area contributed by atoms with Gasteiger partial charge >= 0.3 is 0 Å². The Morgan fingerprint density at radius 1 is 1.71 bits per heavy atom. The molecule has 0 spiro atoms. The van der Waals surface area contributed by atoms with Crippen LogP contribution in [-0.4, -0.2) is 5.84 Å². The Bertz CT molecular complexity index is 53.7. The molecule has 4 N–H and O–H groups in total. The molecule has 0 aromatic carbocycles. The molecule has 0 rings (SSSR count). The van der Waals surface area contributed by atoms with E-state index in [-0.39, 0.29) is 18.6 Å². The average Bonchev–Trinajstić information content (AvgIpc) is 1.35. The van der Waals surface area contributed by atoms with Crippen molar-refractivity contribution >= 4 is 5.84 Å². The molecule has 0 amide bonds. The molecule has 2 nitrogen and oxygen atoms in total. The second-order valence-corrected chi connectivity index (χ2v) is 1.32. The van der Waals surface area contributed by atoms with Crippen LogP contribution < -0.4 is 11.1 Å². The number of nitrogens with two attached hydrogens (primary N) is 2. The summed E-state index contributed by atoms with van der Waals surface area (Å²) in [6.07, 6.45) is 1.89.